The van der Waals surface area contributed by atoms with Crippen molar-refractivity contribution in [3.63, 3.8) is 0 Å². The highest BCUT2D eigenvalue weighted by atomic mass is 16.5. The van der Waals surface area contributed by atoms with Gasteiger partial charge in [0.1, 0.15) is 6.61 Å². The lowest BCUT2D eigenvalue weighted by Gasteiger charge is -2.41. The number of carboxylic acids is 1. The van der Waals surface area contributed by atoms with Crippen LogP contribution in [0.3, 0.4) is 0 Å². The Labute approximate surface area is 159 Å². The fourth-order valence-electron chi connectivity index (χ4n) is 4.10. The Bertz CT molecular complexity index is 544. The monoisotopic (exact) mass is 382 g/mol. The number of carboxylic acid groups (broad SMARTS) is 1. The van der Waals surface area contributed by atoms with Crippen LogP contribution in [-0.4, -0.2) is 109 Å². The molecule has 0 bridgehead atoms. The van der Waals surface area contributed by atoms with Crippen LogP contribution in [0.5, 0.6) is 0 Å². The van der Waals surface area contributed by atoms with E-state index in [0.29, 0.717) is 45.1 Å². The highest BCUT2D eigenvalue weighted by Gasteiger charge is 2.32. The van der Waals surface area contributed by atoms with Crippen molar-refractivity contribution >= 4 is 17.8 Å². The summed E-state index contributed by atoms with van der Waals surface area (Å²) in [5, 5.41) is 12.0. The van der Waals surface area contributed by atoms with E-state index in [2.05, 4.69) is 10.2 Å². The van der Waals surface area contributed by atoms with Gasteiger partial charge in [0.05, 0.1) is 19.2 Å². The second kappa shape index (κ2) is 9.48. The topological polar surface area (TPSA) is 102 Å². The second-order valence-electron chi connectivity index (χ2n) is 7.55. The number of piperidine rings is 2. The molecule has 0 unspecified atom stereocenters. The Kier molecular flexibility index (Phi) is 7.03. The van der Waals surface area contributed by atoms with Crippen LogP contribution in [0.1, 0.15) is 25.7 Å². The Morgan fingerprint density at radius 2 is 1.78 bits per heavy atom. The van der Waals surface area contributed by atoms with Crippen LogP contribution < -0.4 is 5.32 Å². The first kappa shape index (κ1) is 20.0. The summed E-state index contributed by atoms with van der Waals surface area (Å²) < 4.78 is 5.30. The number of carbonyl (C=O) groups excluding carboxylic acids is 2. The summed E-state index contributed by atoms with van der Waals surface area (Å²) >= 11 is 0. The van der Waals surface area contributed by atoms with Gasteiger partial charge in [-0.1, -0.05) is 0 Å². The number of amides is 2. The highest BCUT2D eigenvalue weighted by molar-refractivity contribution is 5.86. The summed E-state index contributed by atoms with van der Waals surface area (Å²) in [6, 6.07) is 0.470. The Balaban J connectivity index is 1.40. The van der Waals surface area contributed by atoms with Crippen LogP contribution >= 0.6 is 0 Å². The largest absolute Gasteiger partial charge is 0.480 e. The molecule has 27 heavy (non-hydrogen) atoms. The van der Waals surface area contributed by atoms with Crippen molar-refractivity contribution in [1.82, 2.24) is 20.0 Å². The molecule has 0 saturated carbocycles. The van der Waals surface area contributed by atoms with E-state index >= 15 is 0 Å². The van der Waals surface area contributed by atoms with Gasteiger partial charge in [-0.15, -0.1) is 0 Å². The Morgan fingerprint density at radius 1 is 1.07 bits per heavy atom. The molecular formula is C18H30N4O5. The second-order valence-corrected chi connectivity index (χ2v) is 7.55. The third kappa shape index (κ3) is 5.63. The molecular weight excluding hydrogens is 352 g/mol. The van der Waals surface area contributed by atoms with E-state index in [1.165, 1.54) is 0 Å². The van der Waals surface area contributed by atoms with Gasteiger partial charge in [0.25, 0.3) is 0 Å². The first-order valence-corrected chi connectivity index (χ1v) is 9.86. The standard InChI is InChI=1S/C18H30N4O5/c23-16(20-7-3-15(4-8-20)27-13-18(25)26)12-22-10-9-21(11-17(22)24)14-1-5-19-6-2-14/h14-15,19H,1-13H2,(H,25,26). The molecule has 9 nitrogen and oxygen atoms in total. The van der Waals surface area contributed by atoms with Crippen LogP contribution in [0.2, 0.25) is 0 Å². The van der Waals surface area contributed by atoms with E-state index in [4.69, 9.17) is 9.84 Å². The molecule has 3 saturated heterocycles. The number of carbonyl (C=O) groups is 3. The smallest absolute Gasteiger partial charge is 0.329 e. The maximum absolute atomic E-state index is 12.5. The first-order valence-electron chi connectivity index (χ1n) is 9.86. The number of hydrogen-bond donors (Lipinski definition) is 2. The Hall–Kier alpha value is -1.71. The van der Waals surface area contributed by atoms with Crippen LogP contribution in [0.4, 0.5) is 0 Å². The molecule has 0 aromatic heterocycles. The normalized spacial score (nSPS) is 23.6. The lowest BCUT2D eigenvalue weighted by Crippen LogP contribution is -2.57. The van der Waals surface area contributed by atoms with Gasteiger partial charge in [0, 0.05) is 32.2 Å². The summed E-state index contributed by atoms with van der Waals surface area (Å²) in [6.45, 7) is 4.78. The zero-order valence-corrected chi connectivity index (χ0v) is 15.8. The third-order valence-corrected chi connectivity index (χ3v) is 5.74. The fraction of sp³-hybridized carbons (Fsp3) is 0.833. The highest BCUT2D eigenvalue weighted by Crippen LogP contribution is 2.17. The molecule has 3 heterocycles. The van der Waals surface area contributed by atoms with Crippen molar-refractivity contribution in [2.24, 2.45) is 0 Å². The van der Waals surface area contributed by atoms with Crippen molar-refractivity contribution in [2.75, 3.05) is 59.0 Å². The van der Waals surface area contributed by atoms with Crippen molar-refractivity contribution in [3.8, 4) is 0 Å². The molecule has 152 valence electrons. The molecule has 0 atom stereocenters. The lowest BCUT2D eigenvalue weighted by molar-refractivity contribution is -0.148. The first-order chi connectivity index (χ1) is 13.0. The van der Waals surface area contributed by atoms with E-state index in [1.807, 2.05) is 0 Å². The maximum atomic E-state index is 12.5. The molecule has 3 aliphatic heterocycles. The van der Waals surface area contributed by atoms with Gasteiger partial charge in [-0.25, -0.2) is 4.79 Å². The van der Waals surface area contributed by atoms with Crippen molar-refractivity contribution in [2.45, 2.75) is 37.8 Å². The van der Waals surface area contributed by atoms with Crippen LogP contribution in [0.25, 0.3) is 0 Å². The quantitative estimate of drug-likeness (QED) is 0.606. The molecule has 9 heteroatoms. The average molecular weight is 382 g/mol. The van der Waals surface area contributed by atoms with Gasteiger partial charge in [-0.2, -0.15) is 0 Å². The van der Waals surface area contributed by atoms with E-state index in [1.54, 1.807) is 9.80 Å². The number of rotatable bonds is 6. The molecule has 3 rings (SSSR count). The molecule has 2 amide bonds. The fourth-order valence-corrected chi connectivity index (χ4v) is 4.10. The van der Waals surface area contributed by atoms with Gasteiger partial charge in [-0.3, -0.25) is 14.5 Å². The predicted octanol–water partition coefficient (Wildman–Crippen LogP) is -1.03. The van der Waals surface area contributed by atoms with E-state index < -0.39 is 5.97 Å². The van der Waals surface area contributed by atoms with Crippen molar-refractivity contribution in [3.05, 3.63) is 0 Å². The number of aliphatic carboxylic acids is 1. The zero-order chi connectivity index (χ0) is 19.2. The van der Waals surface area contributed by atoms with Gasteiger partial charge >= 0.3 is 5.97 Å². The number of nitrogens with one attached hydrogen (secondary N) is 1. The lowest BCUT2D eigenvalue weighted by atomic mass is 10.0. The maximum Gasteiger partial charge on any atom is 0.329 e. The molecule has 0 spiro atoms. The summed E-state index contributed by atoms with van der Waals surface area (Å²) in [7, 11) is 0. The number of piperazine rings is 1. The van der Waals surface area contributed by atoms with Crippen LogP contribution in [0.15, 0.2) is 0 Å². The number of hydrogen-bond acceptors (Lipinski definition) is 6. The van der Waals surface area contributed by atoms with Gasteiger partial charge < -0.3 is 25.0 Å². The average Bonchev–Trinajstić information content (AvgIpc) is 2.69. The summed E-state index contributed by atoms with van der Waals surface area (Å²) in [4.78, 5) is 41.3. The minimum Gasteiger partial charge on any atom is -0.480 e. The van der Waals surface area contributed by atoms with Crippen LogP contribution in [0, 0.1) is 0 Å². The molecule has 0 radical (unpaired) electrons. The SMILES string of the molecule is O=C(O)COC1CCN(C(=O)CN2CCN(C3CCNCC3)CC2=O)CC1. The Morgan fingerprint density at radius 3 is 2.41 bits per heavy atom. The van der Waals surface area contributed by atoms with Gasteiger partial charge in [-0.05, 0) is 38.8 Å². The predicted molar refractivity (Wildman–Crippen MR) is 97.2 cm³/mol. The number of nitrogens with zero attached hydrogens (tertiary/aromatic N) is 3. The minimum atomic E-state index is -0.976. The molecule has 0 aromatic rings. The number of ether oxygens (including phenoxy) is 1. The van der Waals surface area contributed by atoms with Crippen molar-refractivity contribution in [1.29, 1.82) is 0 Å². The van der Waals surface area contributed by atoms with E-state index in [0.717, 1.165) is 32.5 Å². The molecule has 2 N–H and O–H groups in total. The summed E-state index contributed by atoms with van der Waals surface area (Å²) in [6.07, 6.45) is 3.31. The van der Waals surface area contributed by atoms with Gasteiger partial charge in [0.15, 0.2) is 0 Å². The summed E-state index contributed by atoms with van der Waals surface area (Å²) in [5.41, 5.74) is 0. The van der Waals surface area contributed by atoms with E-state index in [9.17, 15) is 14.4 Å². The molecule has 0 aromatic carbocycles. The van der Waals surface area contributed by atoms with Gasteiger partial charge in [0.2, 0.25) is 11.8 Å². The molecule has 3 fully saturated rings. The molecule has 3 aliphatic rings. The minimum absolute atomic E-state index is 0.0321. The van der Waals surface area contributed by atoms with E-state index in [-0.39, 0.29) is 31.1 Å². The zero-order valence-electron chi connectivity index (χ0n) is 15.8. The van der Waals surface area contributed by atoms with Crippen molar-refractivity contribution < 1.29 is 24.2 Å². The molecule has 0 aliphatic carbocycles. The summed E-state index contributed by atoms with van der Waals surface area (Å²) in [5.74, 6) is -0.973. The van der Waals surface area contributed by atoms with Crippen LogP contribution in [-0.2, 0) is 19.1 Å². The number of likely N-dealkylation sites (tertiary alicyclic amines) is 1. The third-order valence-electron chi connectivity index (χ3n) is 5.74.